The van der Waals surface area contributed by atoms with Crippen LogP contribution in [0.1, 0.15) is 41.5 Å². The molecule has 0 saturated carbocycles. The first-order valence-electron chi connectivity index (χ1n) is 9.24. The first kappa shape index (κ1) is 36.5. The van der Waals surface area contributed by atoms with Crippen molar-refractivity contribution in [3.8, 4) is 0 Å². The summed E-state index contributed by atoms with van der Waals surface area (Å²) in [5.74, 6) is -3.56. The van der Waals surface area contributed by atoms with Gasteiger partial charge in [-0.05, 0) is 41.5 Å². The Labute approximate surface area is 181 Å². The van der Waals surface area contributed by atoms with Crippen molar-refractivity contribution in [3.63, 3.8) is 0 Å². The summed E-state index contributed by atoms with van der Waals surface area (Å²) in [7, 11) is 0. The monoisotopic (exact) mass is 462 g/mol. The van der Waals surface area contributed by atoms with E-state index in [0.29, 0.717) is 13.2 Å². The van der Waals surface area contributed by atoms with Crippen molar-refractivity contribution in [2.45, 2.75) is 78.2 Å². The molecule has 0 bridgehead atoms. The third-order valence-electron chi connectivity index (χ3n) is 2.57. The van der Waals surface area contributed by atoms with Crippen LogP contribution in [0.4, 0.5) is 0 Å². The van der Waals surface area contributed by atoms with Gasteiger partial charge in [0.05, 0.1) is 38.1 Å². The van der Waals surface area contributed by atoms with Crippen LogP contribution in [-0.4, -0.2) is 115 Å². The number of aliphatic hydroxyl groups excluding tert-OH is 5. The van der Waals surface area contributed by atoms with Crippen molar-refractivity contribution in [2.24, 2.45) is 0 Å². The molecule has 0 aromatic carbocycles. The average molecular weight is 462 g/mol. The summed E-state index contributed by atoms with van der Waals surface area (Å²) < 4.78 is 10.5. The maximum Gasteiger partial charge on any atom is 0.332 e. The zero-order chi connectivity index (χ0) is 25.7. The fourth-order valence-electron chi connectivity index (χ4n) is 0.704. The van der Waals surface area contributed by atoms with Gasteiger partial charge in [0, 0.05) is 0 Å². The van der Waals surface area contributed by atoms with E-state index in [0.717, 1.165) is 0 Å². The molecule has 6 unspecified atom stereocenters. The molecule has 0 aliphatic rings. The largest absolute Gasteiger partial charge is 0.479 e. The predicted octanol–water partition coefficient (Wildman–Crippen LogP) is -1.47. The van der Waals surface area contributed by atoms with E-state index in [1.807, 2.05) is 6.92 Å². The summed E-state index contributed by atoms with van der Waals surface area (Å²) in [6.07, 6.45) is -4.35. The molecule has 0 aromatic rings. The molecule has 0 radical (unpaired) electrons. The zero-order valence-electron chi connectivity index (χ0n) is 18.7. The lowest BCUT2D eigenvalue weighted by Crippen LogP contribution is -2.24. The summed E-state index contributed by atoms with van der Waals surface area (Å²) in [6.45, 7) is 9.69. The van der Waals surface area contributed by atoms with Gasteiger partial charge in [-0.3, -0.25) is 0 Å². The lowest BCUT2D eigenvalue weighted by molar-refractivity contribution is -0.146. The van der Waals surface area contributed by atoms with E-state index in [1.165, 1.54) is 20.8 Å². The average Bonchev–Trinajstić information content (AvgIpc) is 2.65. The highest BCUT2D eigenvalue weighted by Crippen LogP contribution is 1.97. The quantitative estimate of drug-likeness (QED) is 0.185. The molecule has 0 aliphatic heterocycles. The summed E-state index contributed by atoms with van der Waals surface area (Å²) in [5.41, 5.74) is 0. The second-order valence-corrected chi connectivity index (χ2v) is 6.36. The fraction of sp³-hybridized carbons (Fsp3) is 0.833. The molecular weight excluding hydrogens is 424 g/mol. The second-order valence-electron chi connectivity index (χ2n) is 6.36. The van der Waals surface area contributed by atoms with Crippen LogP contribution in [0.15, 0.2) is 0 Å². The van der Waals surface area contributed by atoms with Gasteiger partial charge in [0.25, 0.3) is 0 Å². The minimum absolute atomic E-state index is 0.0170. The Morgan fingerprint density at radius 2 is 0.871 bits per heavy atom. The van der Waals surface area contributed by atoms with E-state index < -0.39 is 42.3 Å². The van der Waals surface area contributed by atoms with E-state index in [1.54, 1.807) is 13.8 Å². The molecule has 31 heavy (non-hydrogen) atoms. The van der Waals surface area contributed by atoms with Crippen LogP contribution >= 0.6 is 0 Å². The van der Waals surface area contributed by atoms with Crippen LogP contribution in [0.5, 0.6) is 0 Å². The van der Waals surface area contributed by atoms with Gasteiger partial charge in [-0.1, -0.05) is 0 Å². The molecule has 13 heteroatoms. The number of aliphatic hydroxyl groups is 5. The molecule has 0 aromatic heterocycles. The van der Waals surface area contributed by atoms with Gasteiger partial charge in [0.2, 0.25) is 0 Å². The molecule has 13 nitrogen and oxygen atoms in total. The number of ether oxygens (including phenoxy) is 2. The number of hydrogen-bond donors (Lipinski definition) is 8. The van der Waals surface area contributed by atoms with E-state index in [-0.39, 0.29) is 18.8 Å². The van der Waals surface area contributed by atoms with Crippen molar-refractivity contribution >= 4 is 17.9 Å². The molecular formula is C18H38O13. The highest BCUT2D eigenvalue weighted by Gasteiger charge is 2.07. The lowest BCUT2D eigenvalue weighted by Gasteiger charge is -2.16. The topological polar surface area (TPSA) is 232 Å². The van der Waals surface area contributed by atoms with Crippen LogP contribution in [-0.2, 0) is 23.9 Å². The number of carboxylic acids is 3. The van der Waals surface area contributed by atoms with E-state index in [9.17, 15) is 14.4 Å². The molecule has 0 aliphatic carbocycles. The second kappa shape index (κ2) is 22.8. The minimum atomic E-state index is -1.23. The Kier molecular flexibility index (Phi) is 26.9. The summed E-state index contributed by atoms with van der Waals surface area (Å²) in [4.78, 5) is 28.3. The Morgan fingerprint density at radius 1 is 0.613 bits per heavy atom. The van der Waals surface area contributed by atoms with Crippen molar-refractivity contribution < 1.29 is 64.7 Å². The first-order chi connectivity index (χ1) is 14.0. The van der Waals surface area contributed by atoms with Gasteiger partial charge in [-0.15, -0.1) is 0 Å². The fourth-order valence-corrected chi connectivity index (χ4v) is 0.704. The van der Waals surface area contributed by atoms with E-state index in [2.05, 4.69) is 0 Å². The smallest absolute Gasteiger partial charge is 0.332 e. The summed E-state index contributed by atoms with van der Waals surface area (Å²) >= 11 is 0. The highest BCUT2D eigenvalue weighted by molar-refractivity contribution is 5.71. The Morgan fingerprint density at radius 3 is 1.06 bits per heavy atom. The maximum atomic E-state index is 9.45. The zero-order valence-corrected chi connectivity index (χ0v) is 18.7. The Hall–Kier alpha value is -1.87. The standard InChI is InChI=1S/C9H20O4.3C3H6O3/c1-7(11)5-12-9(3)6-13-8(2)4-10;3*1-2(4)3(5)6/h7-11H,4-6H2,1-3H3;3*2,4H,1H3,(H,5,6). The number of hydrogen-bond acceptors (Lipinski definition) is 10. The summed E-state index contributed by atoms with van der Waals surface area (Å²) in [5, 5.41) is 64.9. The number of rotatable bonds is 10. The van der Waals surface area contributed by atoms with Gasteiger partial charge in [-0.25, -0.2) is 14.4 Å². The van der Waals surface area contributed by atoms with Gasteiger partial charge in [-0.2, -0.15) is 0 Å². The van der Waals surface area contributed by atoms with Crippen molar-refractivity contribution in [2.75, 3.05) is 19.8 Å². The van der Waals surface area contributed by atoms with Gasteiger partial charge in [0.1, 0.15) is 18.3 Å². The maximum absolute atomic E-state index is 9.45. The van der Waals surface area contributed by atoms with E-state index >= 15 is 0 Å². The van der Waals surface area contributed by atoms with Crippen LogP contribution in [0.25, 0.3) is 0 Å². The SMILES string of the molecule is CC(O)C(=O)O.CC(O)C(=O)O.CC(O)C(=O)O.CC(O)COC(C)COC(C)CO. The van der Waals surface area contributed by atoms with Gasteiger partial charge >= 0.3 is 17.9 Å². The normalized spacial score (nSPS) is 15.6. The molecule has 0 saturated heterocycles. The number of aliphatic carboxylic acids is 3. The Balaban J connectivity index is -0.000000171. The van der Waals surface area contributed by atoms with Crippen LogP contribution in [0, 0.1) is 0 Å². The molecule has 0 spiro atoms. The number of carbonyl (C=O) groups is 3. The molecule has 8 N–H and O–H groups in total. The van der Waals surface area contributed by atoms with Crippen molar-refractivity contribution in [3.05, 3.63) is 0 Å². The predicted molar refractivity (Wildman–Crippen MR) is 108 cm³/mol. The molecule has 6 atom stereocenters. The van der Waals surface area contributed by atoms with Gasteiger partial charge < -0.3 is 50.3 Å². The van der Waals surface area contributed by atoms with E-state index in [4.69, 9.17) is 50.3 Å². The van der Waals surface area contributed by atoms with Crippen LogP contribution < -0.4 is 0 Å². The lowest BCUT2D eigenvalue weighted by atomic mass is 10.4. The molecule has 0 fully saturated rings. The Bertz CT molecular complexity index is 407. The highest BCUT2D eigenvalue weighted by atomic mass is 16.5. The van der Waals surface area contributed by atoms with Crippen molar-refractivity contribution in [1.82, 2.24) is 0 Å². The summed E-state index contributed by atoms with van der Waals surface area (Å²) in [6, 6.07) is 0. The third kappa shape index (κ3) is 39.2. The van der Waals surface area contributed by atoms with Crippen LogP contribution in [0.3, 0.4) is 0 Å². The molecule has 0 amide bonds. The molecule has 188 valence electrons. The third-order valence-corrected chi connectivity index (χ3v) is 2.57. The van der Waals surface area contributed by atoms with Crippen LogP contribution in [0.2, 0.25) is 0 Å². The molecule has 0 heterocycles. The van der Waals surface area contributed by atoms with Gasteiger partial charge in [0.15, 0.2) is 0 Å². The number of carboxylic acid groups (broad SMARTS) is 3. The first-order valence-corrected chi connectivity index (χ1v) is 9.24. The minimum Gasteiger partial charge on any atom is -0.479 e. The van der Waals surface area contributed by atoms with Crippen molar-refractivity contribution in [1.29, 1.82) is 0 Å². The molecule has 0 rings (SSSR count).